The lowest BCUT2D eigenvalue weighted by molar-refractivity contribution is 0.0901. The van der Waals surface area contributed by atoms with Gasteiger partial charge in [0.05, 0.1) is 18.5 Å². The number of nitrogens with one attached hydrogen (secondary N) is 2. The fraction of sp³-hybridized carbons (Fsp3) is 0.579. The minimum absolute atomic E-state index is 0.0500. The molecule has 24 heavy (non-hydrogen) atoms. The number of carbonyl (C=O) groups is 1. The fourth-order valence-corrected chi connectivity index (χ4v) is 4.29. The number of methoxy groups -OCH3 is 1. The van der Waals surface area contributed by atoms with E-state index in [1.807, 2.05) is 25.1 Å². The molecule has 4 atom stereocenters. The van der Waals surface area contributed by atoms with Crippen LogP contribution in [0.2, 0.25) is 0 Å². The smallest absolute Gasteiger partial charge is 0.255 e. The van der Waals surface area contributed by atoms with Crippen LogP contribution < -0.4 is 15.4 Å². The maximum atomic E-state index is 12.9. The normalized spacial score (nSPS) is 28.8. The first kappa shape index (κ1) is 16.8. The number of anilines is 1. The van der Waals surface area contributed by atoms with E-state index in [1.54, 1.807) is 14.2 Å². The Morgan fingerprint density at radius 1 is 1.29 bits per heavy atom. The van der Waals surface area contributed by atoms with E-state index in [2.05, 4.69) is 22.5 Å². The molecule has 5 heteroatoms. The van der Waals surface area contributed by atoms with E-state index >= 15 is 0 Å². The predicted octanol–water partition coefficient (Wildman–Crippen LogP) is 3.32. The zero-order valence-electron chi connectivity index (χ0n) is 14.9. The molecule has 5 nitrogen and oxygen atoms in total. The van der Waals surface area contributed by atoms with Gasteiger partial charge in [0.2, 0.25) is 0 Å². The number of amides is 1. The molecule has 2 aliphatic rings. The number of nitrogens with zero attached hydrogens (tertiary/aromatic N) is 1. The Kier molecular flexibility index (Phi) is 4.78. The number of hydrogen-bond acceptors (Lipinski definition) is 3. The van der Waals surface area contributed by atoms with Crippen molar-refractivity contribution in [1.82, 2.24) is 5.32 Å². The van der Waals surface area contributed by atoms with Gasteiger partial charge >= 0.3 is 0 Å². The summed E-state index contributed by atoms with van der Waals surface area (Å²) in [5, 5.41) is 6.45. The lowest BCUT2D eigenvalue weighted by Gasteiger charge is -2.29. The van der Waals surface area contributed by atoms with Gasteiger partial charge < -0.3 is 15.4 Å². The Balaban J connectivity index is 1.79. The molecule has 2 N–H and O–H groups in total. The van der Waals surface area contributed by atoms with E-state index in [0.717, 1.165) is 17.4 Å². The molecule has 0 radical (unpaired) electrons. The number of fused-ring (bicyclic) bond motifs is 2. The van der Waals surface area contributed by atoms with E-state index in [9.17, 15) is 4.79 Å². The Hall–Kier alpha value is -2.04. The number of benzene rings is 1. The molecule has 3 unspecified atom stereocenters. The summed E-state index contributed by atoms with van der Waals surface area (Å²) in [6.45, 7) is 4.16. The zero-order valence-corrected chi connectivity index (χ0v) is 14.9. The Labute approximate surface area is 143 Å². The van der Waals surface area contributed by atoms with Crippen LogP contribution in [0.25, 0.3) is 0 Å². The number of ether oxygens (including phenoxy) is 1. The van der Waals surface area contributed by atoms with Crippen LogP contribution in [-0.4, -0.2) is 31.9 Å². The molecule has 2 saturated carbocycles. The average Bonchev–Trinajstić information content (AvgIpc) is 3.17. The second-order valence-electron chi connectivity index (χ2n) is 7.04. The standard InChI is InChI=1S/C19H27N3O2/c1-11-13-5-6-14(9-13)18(11)22-19(23)16-10-15(21-12(2)20-3)7-8-17(16)24-4/h7-8,10-11,13-14,18H,5-6,9H2,1-4H3,(H,20,21)(H,22,23)/t11?,13-,14?,18?/m1/s1. The van der Waals surface area contributed by atoms with Gasteiger partial charge in [0, 0.05) is 18.8 Å². The highest BCUT2D eigenvalue weighted by Gasteiger charge is 2.45. The molecule has 3 rings (SSSR count). The van der Waals surface area contributed by atoms with Gasteiger partial charge in [-0.2, -0.15) is 0 Å². The van der Waals surface area contributed by atoms with Crippen LogP contribution in [0.4, 0.5) is 5.69 Å². The van der Waals surface area contributed by atoms with Crippen molar-refractivity contribution in [3.8, 4) is 5.75 Å². The minimum Gasteiger partial charge on any atom is -0.496 e. The van der Waals surface area contributed by atoms with Crippen molar-refractivity contribution in [3.05, 3.63) is 23.8 Å². The molecular weight excluding hydrogens is 302 g/mol. The molecule has 130 valence electrons. The van der Waals surface area contributed by atoms with Crippen LogP contribution in [0.3, 0.4) is 0 Å². The summed E-state index contributed by atoms with van der Waals surface area (Å²) in [6, 6.07) is 5.84. The Morgan fingerprint density at radius 2 is 2.04 bits per heavy atom. The highest BCUT2D eigenvalue weighted by molar-refractivity contribution is 6.00. The van der Waals surface area contributed by atoms with Crippen molar-refractivity contribution < 1.29 is 9.53 Å². The van der Waals surface area contributed by atoms with Crippen molar-refractivity contribution in [2.45, 2.75) is 39.2 Å². The fourth-order valence-electron chi connectivity index (χ4n) is 4.29. The molecule has 1 amide bonds. The SMILES string of the molecule is CN=C(C)Nc1ccc(OC)c(C(=O)NC2C3CC[C@H](C3)C2C)c1. The molecule has 2 bridgehead atoms. The van der Waals surface area contributed by atoms with Crippen LogP contribution in [-0.2, 0) is 0 Å². The average molecular weight is 329 g/mol. The van der Waals surface area contributed by atoms with E-state index in [0.29, 0.717) is 23.1 Å². The third-order valence-corrected chi connectivity index (χ3v) is 5.73. The van der Waals surface area contributed by atoms with Crippen molar-refractivity contribution in [1.29, 1.82) is 0 Å². The Morgan fingerprint density at radius 3 is 2.67 bits per heavy atom. The summed E-state index contributed by atoms with van der Waals surface area (Å²) in [6.07, 6.45) is 3.82. The second-order valence-corrected chi connectivity index (χ2v) is 7.04. The van der Waals surface area contributed by atoms with Gasteiger partial charge in [-0.1, -0.05) is 6.92 Å². The molecule has 0 aliphatic heterocycles. The lowest BCUT2D eigenvalue weighted by Crippen LogP contribution is -2.43. The van der Waals surface area contributed by atoms with Crippen LogP contribution in [0.1, 0.15) is 43.5 Å². The van der Waals surface area contributed by atoms with Crippen molar-refractivity contribution in [2.24, 2.45) is 22.7 Å². The molecule has 0 heterocycles. The number of carbonyl (C=O) groups excluding carboxylic acids is 1. The molecule has 0 spiro atoms. The number of aliphatic imine (C=N–C) groups is 1. The monoisotopic (exact) mass is 329 g/mol. The van der Waals surface area contributed by atoms with Gasteiger partial charge in [-0.15, -0.1) is 0 Å². The Bertz CT molecular complexity index is 654. The first-order valence-electron chi connectivity index (χ1n) is 8.72. The van der Waals surface area contributed by atoms with Crippen LogP contribution in [0.15, 0.2) is 23.2 Å². The maximum absolute atomic E-state index is 12.9. The summed E-state index contributed by atoms with van der Waals surface area (Å²) in [7, 11) is 3.33. The molecule has 1 aromatic carbocycles. The summed E-state index contributed by atoms with van der Waals surface area (Å²) in [4.78, 5) is 17.0. The van der Waals surface area contributed by atoms with Crippen LogP contribution in [0.5, 0.6) is 5.75 Å². The quantitative estimate of drug-likeness (QED) is 0.658. The van der Waals surface area contributed by atoms with Gasteiger partial charge in [-0.05, 0) is 62.1 Å². The maximum Gasteiger partial charge on any atom is 0.255 e. The van der Waals surface area contributed by atoms with Crippen LogP contribution in [0, 0.1) is 17.8 Å². The molecular formula is C19H27N3O2. The first-order chi connectivity index (χ1) is 11.5. The number of rotatable bonds is 4. The summed E-state index contributed by atoms with van der Waals surface area (Å²) in [5.41, 5.74) is 1.41. The van der Waals surface area contributed by atoms with Gasteiger partial charge in [0.15, 0.2) is 0 Å². The van der Waals surface area contributed by atoms with E-state index in [4.69, 9.17) is 4.74 Å². The highest BCUT2D eigenvalue weighted by Crippen LogP contribution is 2.48. The summed E-state index contributed by atoms with van der Waals surface area (Å²) < 4.78 is 5.39. The molecule has 1 aromatic rings. The summed E-state index contributed by atoms with van der Waals surface area (Å²) >= 11 is 0. The number of hydrogen-bond donors (Lipinski definition) is 2. The highest BCUT2D eigenvalue weighted by atomic mass is 16.5. The van der Waals surface area contributed by atoms with Crippen molar-refractivity contribution in [3.63, 3.8) is 0 Å². The van der Waals surface area contributed by atoms with E-state index in [-0.39, 0.29) is 11.9 Å². The minimum atomic E-state index is -0.0500. The van der Waals surface area contributed by atoms with Crippen molar-refractivity contribution >= 4 is 17.4 Å². The van der Waals surface area contributed by atoms with Gasteiger partial charge in [0.1, 0.15) is 5.75 Å². The molecule has 0 saturated heterocycles. The first-order valence-corrected chi connectivity index (χ1v) is 8.72. The second kappa shape index (κ2) is 6.83. The van der Waals surface area contributed by atoms with E-state index in [1.165, 1.54) is 19.3 Å². The lowest BCUT2D eigenvalue weighted by atomic mass is 9.86. The third-order valence-electron chi connectivity index (χ3n) is 5.73. The molecule has 2 fully saturated rings. The molecule has 2 aliphatic carbocycles. The third kappa shape index (κ3) is 3.12. The molecule has 0 aromatic heterocycles. The number of amidine groups is 1. The van der Waals surface area contributed by atoms with E-state index < -0.39 is 0 Å². The summed E-state index contributed by atoms with van der Waals surface area (Å²) in [5.74, 6) is 3.32. The zero-order chi connectivity index (χ0) is 17.3. The van der Waals surface area contributed by atoms with Gasteiger partial charge in [-0.3, -0.25) is 9.79 Å². The predicted molar refractivity (Wildman–Crippen MR) is 96.9 cm³/mol. The largest absolute Gasteiger partial charge is 0.496 e. The topological polar surface area (TPSA) is 62.7 Å². The van der Waals surface area contributed by atoms with Gasteiger partial charge in [-0.25, -0.2) is 0 Å². The van der Waals surface area contributed by atoms with Gasteiger partial charge in [0.25, 0.3) is 5.91 Å². The van der Waals surface area contributed by atoms with Crippen LogP contribution >= 0.6 is 0 Å². The van der Waals surface area contributed by atoms with Crippen molar-refractivity contribution in [2.75, 3.05) is 19.5 Å².